The third-order valence-electron chi connectivity index (χ3n) is 3.52. The van der Waals surface area contributed by atoms with Crippen molar-refractivity contribution < 1.29 is 31.5 Å². The van der Waals surface area contributed by atoms with E-state index in [1.165, 1.54) is 20.8 Å². The third kappa shape index (κ3) is 2.64. The molecule has 0 aliphatic heterocycles. The minimum atomic E-state index is -2.29. The van der Waals surface area contributed by atoms with Crippen LogP contribution in [0.2, 0.25) is 0 Å². The Labute approximate surface area is 128 Å². The Morgan fingerprint density at radius 3 is 1.91 bits per heavy atom. The lowest BCUT2D eigenvalue weighted by atomic mass is 9.98. The molecular weight excluding hydrogens is 321 g/mol. The van der Waals surface area contributed by atoms with Gasteiger partial charge in [0.25, 0.3) is 0 Å². The summed E-state index contributed by atoms with van der Waals surface area (Å²) >= 11 is 0. The maximum atomic E-state index is 13.8. The van der Waals surface area contributed by atoms with Gasteiger partial charge < -0.3 is 4.74 Å². The lowest BCUT2D eigenvalue weighted by molar-refractivity contribution is -0.159. The van der Waals surface area contributed by atoms with Crippen LogP contribution in [0.4, 0.5) is 22.0 Å². The summed E-state index contributed by atoms with van der Waals surface area (Å²) in [5.41, 5.74) is -4.08. The van der Waals surface area contributed by atoms with Crippen molar-refractivity contribution in [2.75, 3.05) is 0 Å². The number of ether oxygens (including phenoxy) is 1. The number of benzene rings is 1. The van der Waals surface area contributed by atoms with Crippen molar-refractivity contribution in [2.24, 2.45) is 5.41 Å². The van der Waals surface area contributed by atoms with Gasteiger partial charge in [-0.15, -0.1) is 0 Å². The molecule has 3 nitrogen and oxygen atoms in total. The predicted molar refractivity (Wildman–Crippen MR) is 67.5 cm³/mol. The molecule has 1 aliphatic rings. The Hall–Kier alpha value is -2.17. The number of carbonyl (C=O) groups excluding carboxylic acids is 1. The lowest BCUT2D eigenvalue weighted by Gasteiger charge is -2.21. The molecule has 0 amide bonds. The van der Waals surface area contributed by atoms with Gasteiger partial charge in [0.05, 0.1) is 6.07 Å². The molecule has 0 unspecified atom stereocenters. The number of carbonyl (C=O) groups is 1. The van der Waals surface area contributed by atoms with Crippen molar-refractivity contribution in [1.82, 2.24) is 0 Å². The third-order valence-corrected chi connectivity index (χ3v) is 3.52. The zero-order valence-electron chi connectivity index (χ0n) is 12.4. The Bertz CT molecular complexity index is 706. The van der Waals surface area contributed by atoms with Crippen LogP contribution in [0.3, 0.4) is 0 Å². The monoisotopic (exact) mass is 333 g/mol. The Kier molecular flexibility index (Phi) is 3.87. The van der Waals surface area contributed by atoms with Crippen molar-refractivity contribution in [1.29, 1.82) is 5.26 Å². The first-order chi connectivity index (χ1) is 10.5. The van der Waals surface area contributed by atoms with Crippen LogP contribution in [-0.4, -0.2) is 11.6 Å². The standard InChI is InChI=1S/C15H12F5NO2/c1-14(2,3)23-13(22)15(5-21)4-6(15)7-8(16)10(18)12(20)11(19)9(7)17/h6H,4H2,1-3H3/t6-,15+/m1/s1. The molecule has 0 spiro atoms. The molecule has 0 saturated heterocycles. The second-order valence-electron chi connectivity index (χ2n) is 6.33. The van der Waals surface area contributed by atoms with Crippen LogP contribution in [0.25, 0.3) is 0 Å². The van der Waals surface area contributed by atoms with E-state index in [1.807, 2.05) is 0 Å². The summed E-state index contributed by atoms with van der Waals surface area (Å²) in [5, 5.41) is 9.17. The second kappa shape index (κ2) is 5.18. The van der Waals surface area contributed by atoms with E-state index in [0.29, 0.717) is 0 Å². The number of rotatable bonds is 2. The molecule has 23 heavy (non-hydrogen) atoms. The molecule has 0 aromatic heterocycles. The smallest absolute Gasteiger partial charge is 0.327 e. The van der Waals surface area contributed by atoms with Gasteiger partial charge >= 0.3 is 5.97 Å². The second-order valence-corrected chi connectivity index (χ2v) is 6.33. The maximum Gasteiger partial charge on any atom is 0.327 e. The average molecular weight is 333 g/mol. The minimum Gasteiger partial charge on any atom is -0.459 e. The number of esters is 1. The molecule has 0 bridgehead atoms. The summed E-state index contributed by atoms with van der Waals surface area (Å²) < 4.78 is 72.2. The van der Waals surface area contributed by atoms with E-state index in [1.54, 1.807) is 6.07 Å². The van der Waals surface area contributed by atoms with Gasteiger partial charge in [0.2, 0.25) is 5.82 Å². The highest BCUT2D eigenvalue weighted by atomic mass is 19.2. The van der Waals surface area contributed by atoms with E-state index in [0.717, 1.165) is 0 Å². The van der Waals surface area contributed by atoms with Crippen LogP contribution in [0, 0.1) is 45.8 Å². The van der Waals surface area contributed by atoms with E-state index in [-0.39, 0.29) is 6.42 Å². The number of hydrogen-bond donors (Lipinski definition) is 0. The fourth-order valence-electron chi connectivity index (χ4n) is 2.30. The quantitative estimate of drug-likeness (QED) is 0.359. The molecule has 0 radical (unpaired) electrons. The fraction of sp³-hybridized carbons (Fsp3) is 0.467. The maximum absolute atomic E-state index is 13.8. The van der Waals surface area contributed by atoms with Gasteiger partial charge in [-0.05, 0) is 27.2 Å². The summed E-state index contributed by atoms with van der Waals surface area (Å²) in [5.74, 6) is -13.1. The van der Waals surface area contributed by atoms with Crippen LogP contribution in [-0.2, 0) is 9.53 Å². The Morgan fingerprint density at radius 2 is 1.52 bits per heavy atom. The van der Waals surface area contributed by atoms with Crippen molar-refractivity contribution in [3.8, 4) is 6.07 Å². The van der Waals surface area contributed by atoms with Gasteiger partial charge in [-0.2, -0.15) is 5.26 Å². The van der Waals surface area contributed by atoms with Gasteiger partial charge in [-0.1, -0.05) is 0 Å². The number of halogens is 5. The molecule has 124 valence electrons. The van der Waals surface area contributed by atoms with Crippen LogP contribution in [0.1, 0.15) is 38.7 Å². The highest BCUT2D eigenvalue weighted by molar-refractivity contribution is 5.86. The highest BCUT2D eigenvalue weighted by Crippen LogP contribution is 2.61. The summed E-state index contributed by atoms with van der Waals surface area (Å²) in [6.07, 6.45) is -0.378. The van der Waals surface area contributed by atoms with E-state index >= 15 is 0 Å². The molecule has 1 fully saturated rings. The molecule has 1 aliphatic carbocycles. The topological polar surface area (TPSA) is 50.1 Å². The van der Waals surface area contributed by atoms with Crippen molar-refractivity contribution in [3.63, 3.8) is 0 Å². The van der Waals surface area contributed by atoms with Crippen LogP contribution in [0.15, 0.2) is 0 Å². The molecular formula is C15H12F5NO2. The van der Waals surface area contributed by atoms with Crippen LogP contribution in [0.5, 0.6) is 0 Å². The van der Waals surface area contributed by atoms with E-state index in [4.69, 9.17) is 4.74 Å². The molecule has 8 heteroatoms. The van der Waals surface area contributed by atoms with Gasteiger partial charge in [0.1, 0.15) is 5.60 Å². The normalized spacial score (nSPS) is 23.3. The average Bonchev–Trinajstić information content (AvgIpc) is 3.17. The first kappa shape index (κ1) is 17.2. The Morgan fingerprint density at radius 1 is 1.09 bits per heavy atom. The number of hydrogen-bond acceptors (Lipinski definition) is 3. The van der Waals surface area contributed by atoms with E-state index in [2.05, 4.69) is 0 Å². The van der Waals surface area contributed by atoms with Gasteiger partial charge in [0, 0.05) is 11.5 Å². The largest absolute Gasteiger partial charge is 0.459 e. The van der Waals surface area contributed by atoms with Crippen molar-refractivity contribution in [3.05, 3.63) is 34.6 Å². The lowest BCUT2D eigenvalue weighted by Crippen LogP contribution is -2.30. The summed E-state index contributed by atoms with van der Waals surface area (Å²) in [6.45, 7) is 4.56. The zero-order valence-corrected chi connectivity index (χ0v) is 12.4. The number of nitrogens with zero attached hydrogens (tertiary/aromatic N) is 1. The van der Waals surface area contributed by atoms with E-state index in [9.17, 15) is 32.0 Å². The molecule has 1 saturated carbocycles. The van der Waals surface area contributed by atoms with Gasteiger partial charge in [0.15, 0.2) is 28.7 Å². The summed E-state index contributed by atoms with van der Waals surface area (Å²) in [4.78, 5) is 12.1. The molecule has 1 aromatic rings. The molecule has 0 N–H and O–H groups in total. The SMILES string of the molecule is CC(C)(C)OC(=O)[C@]1(C#N)C[C@@H]1c1c(F)c(F)c(F)c(F)c1F. The Balaban J connectivity index is 2.47. The summed E-state index contributed by atoms with van der Waals surface area (Å²) in [7, 11) is 0. The number of nitriles is 1. The van der Waals surface area contributed by atoms with Crippen molar-refractivity contribution >= 4 is 5.97 Å². The first-order valence-electron chi connectivity index (χ1n) is 6.62. The fourth-order valence-corrected chi connectivity index (χ4v) is 2.30. The molecule has 2 rings (SSSR count). The highest BCUT2D eigenvalue weighted by Gasteiger charge is 2.65. The van der Waals surface area contributed by atoms with E-state index < -0.39 is 57.6 Å². The summed E-state index contributed by atoms with van der Waals surface area (Å²) in [6, 6.07) is 1.58. The minimum absolute atomic E-state index is 0.378. The van der Waals surface area contributed by atoms with Gasteiger partial charge in [-0.25, -0.2) is 22.0 Å². The van der Waals surface area contributed by atoms with Crippen LogP contribution < -0.4 is 0 Å². The van der Waals surface area contributed by atoms with Gasteiger partial charge in [-0.3, -0.25) is 4.79 Å². The van der Waals surface area contributed by atoms with Crippen molar-refractivity contribution in [2.45, 2.75) is 38.7 Å². The zero-order chi connectivity index (χ0) is 17.7. The first-order valence-corrected chi connectivity index (χ1v) is 6.62. The molecule has 1 aromatic carbocycles. The van der Waals surface area contributed by atoms with Crippen LogP contribution >= 0.6 is 0 Å². The molecule has 2 atom stereocenters. The predicted octanol–water partition coefficient (Wildman–Crippen LogP) is 3.72. The molecule has 0 heterocycles.